The molecule has 2 rings (SSSR count). The summed E-state index contributed by atoms with van der Waals surface area (Å²) in [5.41, 5.74) is 1.91. The van der Waals surface area contributed by atoms with Gasteiger partial charge in [-0.25, -0.2) is 8.78 Å². The van der Waals surface area contributed by atoms with Crippen LogP contribution in [0.15, 0.2) is 42.5 Å². The van der Waals surface area contributed by atoms with Gasteiger partial charge in [-0.15, -0.1) is 0 Å². The van der Waals surface area contributed by atoms with Crippen molar-refractivity contribution in [3.05, 3.63) is 70.2 Å². The van der Waals surface area contributed by atoms with E-state index in [9.17, 15) is 8.78 Å². The SMILES string of the molecule is CCNCC(Cc1ccc(F)c(F)c1)c1ccc(Cl)cc1. The quantitative estimate of drug-likeness (QED) is 0.825. The van der Waals surface area contributed by atoms with Gasteiger partial charge in [0.05, 0.1) is 0 Å². The highest BCUT2D eigenvalue weighted by molar-refractivity contribution is 6.30. The number of hydrogen-bond acceptors (Lipinski definition) is 1. The molecule has 21 heavy (non-hydrogen) atoms. The Morgan fingerprint density at radius 1 is 1.05 bits per heavy atom. The molecule has 1 unspecified atom stereocenters. The summed E-state index contributed by atoms with van der Waals surface area (Å²) in [6, 6.07) is 11.7. The molecule has 1 nitrogen and oxygen atoms in total. The lowest BCUT2D eigenvalue weighted by atomic mass is 9.92. The summed E-state index contributed by atoms with van der Waals surface area (Å²) < 4.78 is 26.3. The Morgan fingerprint density at radius 2 is 1.76 bits per heavy atom. The van der Waals surface area contributed by atoms with Crippen LogP contribution in [-0.4, -0.2) is 13.1 Å². The van der Waals surface area contributed by atoms with Gasteiger partial charge < -0.3 is 5.32 Å². The van der Waals surface area contributed by atoms with Gasteiger partial charge in [-0.3, -0.25) is 0 Å². The summed E-state index contributed by atoms with van der Waals surface area (Å²) in [6.45, 7) is 3.68. The minimum absolute atomic E-state index is 0.187. The fourth-order valence-corrected chi connectivity index (χ4v) is 2.44. The molecular formula is C17H18ClF2N. The number of benzene rings is 2. The summed E-state index contributed by atoms with van der Waals surface area (Å²) in [5.74, 6) is -1.42. The second kappa shape index (κ2) is 7.53. The molecule has 0 saturated heterocycles. The lowest BCUT2D eigenvalue weighted by Crippen LogP contribution is -2.22. The number of rotatable bonds is 6. The van der Waals surface area contributed by atoms with Crippen molar-refractivity contribution in [1.82, 2.24) is 5.32 Å². The van der Waals surface area contributed by atoms with E-state index >= 15 is 0 Å². The molecule has 0 spiro atoms. The molecule has 0 aliphatic carbocycles. The van der Waals surface area contributed by atoms with Gasteiger partial charge in [0.2, 0.25) is 0 Å². The molecule has 0 amide bonds. The first-order valence-electron chi connectivity index (χ1n) is 7.00. The van der Waals surface area contributed by atoms with Gasteiger partial charge in [-0.1, -0.05) is 36.7 Å². The van der Waals surface area contributed by atoms with Crippen LogP contribution in [-0.2, 0) is 6.42 Å². The predicted octanol–water partition coefficient (Wildman–Crippen LogP) is 4.55. The first-order valence-corrected chi connectivity index (χ1v) is 7.38. The van der Waals surface area contributed by atoms with E-state index in [2.05, 4.69) is 5.32 Å². The van der Waals surface area contributed by atoms with Crippen LogP contribution in [0.5, 0.6) is 0 Å². The van der Waals surface area contributed by atoms with E-state index < -0.39 is 11.6 Å². The molecule has 0 aliphatic heterocycles. The standard InChI is InChI=1S/C17H18ClF2N/c1-2-21-11-14(13-4-6-15(18)7-5-13)9-12-3-8-16(19)17(20)10-12/h3-8,10,14,21H,2,9,11H2,1H3. The predicted molar refractivity (Wildman–Crippen MR) is 82.8 cm³/mol. The third-order valence-electron chi connectivity index (χ3n) is 3.45. The Hall–Kier alpha value is -1.45. The molecule has 0 aliphatic rings. The largest absolute Gasteiger partial charge is 0.316 e. The van der Waals surface area contributed by atoms with Gasteiger partial charge in [-0.05, 0) is 48.4 Å². The molecule has 2 aromatic carbocycles. The smallest absolute Gasteiger partial charge is 0.159 e. The third kappa shape index (κ3) is 4.51. The maximum Gasteiger partial charge on any atom is 0.159 e. The van der Waals surface area contributed by atoms with Crippen molar-refractivity contribution in [2.75, 3.05) is 13.1 Å². The summed E-state index contributed by atoms with van der Waals surface area (Å²) in [4.78, 5) is 0. The van der Waals surface area contributed by atoms with Gasteiger partial charge in [0.1, 0.15) is 0 Å². The second-order valence-electron chi connectivity index (χ2n) is 5.01. The Kier molecular flexibility index (Phi) is 5.71. The first-order chi connectivity index (χ1) is 10.1. The summed E-state index contributed by atoms with van der Waals surface area (Å²) >= 11 is 5.91. The van der Waals surface area contributed by atoms with Crippen LogP contribution in [0.3, 0.4) is 0 Å². The maximum atomic E-state index is 13.3. The fraction of sp³-hybridized carbons (Fsp3) is 0.294. The lowest BCUT2D eigenvalue weighted by Gasteiger charge is -2.18. The van der Waals surface area contributed by atoms with Gasteiger partial charge in [0, 0.05) is 17.5 Å². The lowest BCUT2D eigenvalue weighted by molar-refractivity contribution is 0.505. The number of nitrogens with one attached hydrogen (secondary N) is 1. The minimum atomic E-state index is -0.812. The van der Waals surface area contributed by atoms with Gasteiger partial charge in [0.15, 0.2) is 11.6 Å². The molecular weight excluding hydrogens is 292 g/mol. The van der Waals surface area contributed by atoms with E-state index in [-0.39, 0.29) is 5.92 Å². The zero-order valence-corrected chi connectivity index (χ0v) is 12.6. The summed E-state index contributed by atoms with van der Waals surface area (Å²) in [6.07, 6.45) is 0.645. The molecule has 0 radical (unpaired) electrons. The monoisotopic (exact) mass is 309 g/mol. The van der Waals surface area contributed by atoms with Crippen molar-refractivity contribution >= 4 is 11.6 Å². The molecule has 0 saturated carbocycles. The average Bonchev–Trinajstić information content (AvgIpc) is 2.48. The van der Waals surface area contributed by atoms with E-state index in [0.29, 0.717) is 11.4 Å². The third-order valence-corrected chi connectivity index (χ3v) is 3.70. The van der Waals surface area contributed by atoms with Crippen molar-refractivity contribution in [2.45, 2.75) is 19.3 Å². The molecule has 4 heteroatoms. The van der Waals surface area contributed by atoms with Crippen LogP contribution in [0.4, 0.5) is 8.78 Å². The molecule has 1 atom stereocenters. The van der Waals surface area contributed by atoms with Crippen LogP contribution in [0.1, 0.15) is 24.0 Å². The van der Waals surface area contributed by atoms with E-state index in [4.69, 9.17) is 11.6 Å². The van der Waals surface area contributed by atoms with E-state index in [1.165, 1.54) is 12.1 Å². The molecule has 112 valence electrons. The molecule has 2 aromatic rings. The summed E-state index contributed by atoms with van der Waals surface area (Å²) in [5, 5.41) is 4.00. The van der Waals surface area contributed by atoms with E-state index in [1.807, 2.05) is 31.2 Å². The Labute approximate surface area is 128 Å². The van der Waals surface area contributed by atoms with Crippen molar-refractivity contribution in [3.8, 4) is 0 Å². The van der Waals surface area contributed by atoms with Crippen LogP contribution in [0.2, 0.25) is 5.02 Å². The van der Waals surface area contributed by atoms with Crippen molar-refractivity contribution < 1.29 is 8.78 Å². The van der Waals surface area contributed by atoms with Crippen molar-refractivity contribution in [2.24, 2.45) is 0 Å². The zero-order chi connectivity index (χ0) is 15.2. The highest BCUT2D eigenvalue weighted by Gasteiger charge is 2.13. The molecule has 0 fully saturated rings. The normalized spacial score (nSPS) is 12.4. The van der Waals surface area contributed by atoms with Crippen LogP contribution >= 0.6 is 11.6 Å². The van der Waals surface area contributed by atoms with Gasteiger partial charge in [-0.2, -0.15) is 0 Å². The van der Waals surface area contributed by atoms with E-state index in [0.717, 1.165) is 24.2 Å². The molecule has 0 heterocycles. The summed E-state index contributed by atoms with van der Waals surface area (Å²) in [7, 11) is 0. The average molecular weight is 310 g/mol. The number of hydrogen-bond donors (Lipinski definition) is 1. The minimum Gasteiger partial charge on any atom is -0.316 e. The molecule has 0 bridgehead atoms. The maximum absolute atomic E-state index is 13.3. The molecule has 1 N–H and O–H groups in total. The fourth-order valence-electron chi connectivity index (χ4n) is 2.31. The Morgan fingerprint density at radius 3 is 2.38 bits per heavy atom. The van der Waals surface area contributed by atoms with Crippen LogP contribution < -0.4 is 5.32 Å². The van der Waals surface area contributed by atoms with Gasteiger partial charge >= 0.3 is 0 Å². The topological polar surface area (TPSA) is 12.0 Å². The number of likely N-dealkylation sites (N-methyl/N-ethyl adjacent to an activating group) is 1. The van der Waals surface area contributed by atoms with E-state index in [1.54, 1.807) is 6.07 Å². The van der Waals surface area contributed by atoms with Gasteiger partial charge in [0.25, 0.3) is 0 Å². The van der Waals surface area contributed by atoms with Crippen molar-refractivity contribution in [1.29, 1.82) is 0 Å². The molecule has 0 aromatic heterocycles. The van der Waals surface area contributed by atoms with Crippen molar-refractivity contribution in [3.63, 3.8) is 0 Å². The first kappa shape index (κ1) is 15.9. The highest BCUT2D eigenvalue weighted by atomic mass is 35.5. The number of halogens is 3. The Bertz CT molecular complexity index is 584. The van der Waals surface area contributed by atoms with Crippen LogP contribution in [0.25, 0.3) is 0 Å². The highest BCUT2D eigenvalue weighted by Crippen LogP contribution is 2.23. The second-order valence-corrected chi connectivity index (χ2v) is 5.45. The Balaban J connectivity index is 2.19. The van der Waals surface area contributed by atoms with Crippen LogP contribution in [0, 0.1) is 11.6 Å². The zero-order valence-electron chi connectivity index (χ0n) is 11.9.